The molecule has 0 spiro atoms. The lowest BCUT2D eigenvalue weighted by atomic mass is 9.99. The Morgan fingerprint density at radius 3 is 2.69 bits per heavy atom. The molecule has 0 heterocycles. The van der Waals surface area contributed by atoms with Gasteiger partial charge in [-0.25, -0.2) is 0 Å². The van der Waals surface area contributed by atoms with E-state index in [9.17, 15) is 4.79 Å². The van der Waals surface area contributed by atoms with E-state index in [0.717, 1.165) is 11.1 Å². The average Bonchev–Trinajstić information content (AvgIpc) is 2.10. The maximum absolute atomic E-state index is 11.1. The van der Waals surface area contributed by atoms with Crippen molar-refractivity contribution in [3.05, 3.63) is 22.8 Å². The fraction of sp³-hybridized carbons (Fsp3) is 0.364. The van der Waals surface area contributed by atoms with E-state index in [1.165, 1.54) is 0 Å². The molecular weight excluding hydrogens is 184 g/mol. The van der Waals surface area contributed by atoms with Crippen LogP contribution in [0.3, 0.4) is 0 Å². The van der Waals surface area contributed by atoms with Crippen LogP contribution in [-0.2, 0) is 4.79 Å². The van der Waals surface area contributed by atoms with Gasteiger partial charge in [0.05, 0.1) is 0 Å². The van der Waals surface area contributed by atoms with Gasteiger partial charge < -0.3 is 0 Å². The van der Waals surface area contributed by atoms with E-state index in [-0.39, 0.29) is 5.92 Å². The summed E-state index contributed by atoms with van der Waals surface area (Å²) in [6.07, 6.45) is 1.89. The van der Waals surface area contributed by atoms with Gasteiger partial charge in [0.25, 0.3) is 0 Å². The molecule has 0 amide bonds. The topological polar surface area (TPSA) is 17.1 Å². The van der Waals surface area contributed by atoms with E-state index in [1.54, 1.807) is 0 Å². The predicted octanol–water partition coefficient (Wildman–Crippen LogP) is 2.67. The molecule has 0 aliphatic heterocycles. The molecule has 13 heavy (non-hydrogen) atoms. The summed E-state index contributed by atoms with van der Waals surface area (Å²) in [5.41, 5.74) is 2.49. The molecule has 1 aliphatic carbocycles. The summed E-state index contributed by atoms with van der Waals surface area (Å²) in [4.78, 5) is 11.1. The lowest BCUT2D eigenvalue weighted by Crippen LogP contribution is -2.05. The molecule has 2 heteroatoms. The molecule has 0 aromatic carbocycles. The minimum absolute atomic E-state index is 0.0706. The Morgan fingerprint density at radius 1 is 1.54 bits per heavy atom. The molecule has 0 fully saturated rings. The fourth-order valence-electron chi connectivity index (χ4n) is 1.40. The highest BCUT2D eigenvalue weighted by Gasteiger charge is 2.16. The van der Waals surface area contributed by atoms with Crippen molar-refractivity contribution in [1.29, 1.82) is 0 Å². The van der Waals surface area contributed by atoms with Crippen molar-refractivity contribution in [3.8, 4) is 11.8 Å². The highest BCUT2D eigenvalue weighted by atomic mass is 35.5. The Hall–Kier alpha value is -1.00. The molecule has 0 aromatic rings. The van der Waals surface area contributed by atoms with Crippen LogP contribution in [-0.4, -0.2) is 5.24 Å². The third-order valence-electron chi connectivity index (χ3n) is 1.99. The Balaban J connectivity index is 3.24. The maximum atomic E-state index is 11.1. The van der Waals surface area contributed by atoms with E-state index in [0.29, 0.717) is 5.57 Å². The zero-order chi connectivity index (χ0) is 10.0. The van der Waals surface area contributed by atoms with Gasteiger partial charge in [-0.05, 0) is 49.6 Å². The third-order valence-corrected chi connectivity index (χ3v) is 2.19. The molecule has 1 nitrogen and oxygen atoms in total. The van der Waals surface area contributed by atoms with Crippen LogP contribution in [0.5, 0.6) is 0 Å². The van der Waals surface area contributed by atoms with E-state index in [4.69, 9.17) is 11.6 Å². The van der Waals surface area contributed by atoms with E-state index >= 15 is 0 Å². The van der Waals surface area contributed by atoms with Crippen molar-refractivity contribution in [1.82, 2.24) is 0 Å². The molecule has 68 valence electrons. The van der Waals surface area contributed by atoms with Crippen LogP contribution in [0.15, 0.2) is 22.8 Å². The van der Waals surface area contributed by atoms with Gasteiger partial charge in [-0.3, -0.25) is 4.79 Å². The second kappa shape index (κ2) is 3.81. The number of rotatable bonds is 1. The molecule has 0 bridgehead atoms. The van der Waals surface area contributed by atoms with Crippen LogP contribution in [0.1, 0.15) is 20.8 Å². The SMILES string of the molecule is CC1=CC(C)=C(C(=O)Cl)C(C)C#C1. The lowest BCUT2D eigenvalue weighted by Gasteiger charge is -2.06. The summed E-state index contributed by atoms with van der Waals surface area (Å²) in [6, 6.07) is 0. The highest BCUT2D eigenvalue weighted by molar-refractivity contribution is 6.67. The van der Waals surface area contributed by atoms with E-state index < -0.39 is 5.24 Å². The molecule has 1 atom stereocenters. The van der Waals surface area contributed by atoms with Crippen molar-refractivity contribution in [2.75, 3.05) is 0 Å². The molecule has 1 aliphatic rings. The highest BCUT2D eigenvalue weighted by Crippen LogP contribution is 2.21. The van der Waals surface area contributed by atoms with Crippen molar-refractivity contribution in [2.24, 2.45) is 5.92 Å². The zero-order valence-corrected chi connectivity index (χ0v) is 8.70. The van der Waals surface area contributed by atoms with Gasteiger partial charge in [0.1, 0.15) is 0 Å². The van der Waals surface area contributed by atoms with Crippen LogP contribution in [0.2, 0.25) is 0 Å². The summed E-state index contributed by atoms with van der Waals surface area (Å²) in [5.74, 6) is 5.87. The first-order chi connectivity index (χ1) is 6.02. The summed E-state index contributed by atoms with van der Waals surface area (Å²) >= 11 is 5.47. The average molecular weight is 195 g/mol. The number of hydrogen-bond donors (Lipinski definition) is 0. The molecule has 0 N–H and O–H groups in total. The largest absolute Gasteiger partial charge is 0.276 e. The minimum atomic E-state index is -0.398. The maximum Gasteiger partial charge on any atom is 0.249 e. The molecule has 0 saturated heterocycles. The van der Waals surface area contributed by atoms with Gasteiger partial charge in [-0.1, -0.05) is 11.8 Å². The second-order valence-electron chi connectivity index (χ2n) is 3.19. The number of hydrogen-bond acceptors (Lipinski definition) is 1. The molecule has 1 rings (SSSR count). The first-order valence-electron chi connectivity index (χ1n) is 4.13. The first-order valence-corrected chi connectivity index (χ1v) is 4.50. The molecule has 0 aromatic heterocycles. The summed E-state index contributed by atoms with van der Waals surface area (Å²) in [7, 11) is 0. The third kappa shape index (κ3) is 2.23. The zero-order valence-electron chi connectivity index (χ0n) is 7.94. The predicted molar refractivity (Wildman–Crippen MR) is 54.3 cm³/mol. The van der Waals surface area contributed by atoms with Gasteiger partial charge >= 0.3 is 0 Å². The minimum Gasteiger partial charge on any atom is -0.276 e. The molecule has 0 radical (unpaired) electrons. The first kappa shape index (κ1) is 10.1. The summed E-state index contributed by atoms with van der Waals surface area (Å²) in [6.45, 7) is 5.69. The molecular formula is C11H11ClO. The van der Waals surface area contributed by atoms with Crippen LogP contribution in [0.25, 0.3) is 0 Å². The van der Waals surface area contributed by atoms with Crippen LogP contribution < -0.4 is 0 Å². The van der Waals surface area contributed by atoms with E-state index in [2.05, 4.69) is 11.8 Å². The van der Waals surface area contributed by atoms with Gasteiger partial charge in [0.15, 0.2) is 0 Å². The van der Waals surface area contributed by atoms with Gasteiger partial charge in [0.2, 0.25) is 5.24 Å². The monoisotopic (exact) mass is 194 g/mol. The number of halogens is 1. The molecule has 0 saturated carbocycles. The quantitative estimate of drug-likeness (QED) is 0.463. The molecule has 1 unspecified atom stereocenters. The van der Waals surface area contributed by atoms with Crippen molar-refractivity contribution in [2.45, 2.75) is 20.8 Å². The number of carbonyl (C=O) groups is 1. The van der Waals surface area contributed by atoms with Crippen LogP contribution in [0.4, 0.5) is 0 Å². The van der Waals surface area contributed by atoms with Crippen LogP contribution >= 0.6 is 11.6 Å². The Bertz CT molecular complexity index is 363. The smallest absolute Gasteiger partial charge is 0.249 e. The normalized spacial score (nSPS) is 21.5. The second-order valence-corrected chi connectivity index (χ2v) is 3.53. The van der Waals surface area contributed by atoms with Crippen molar-refractivity contribution in [3.63, 3.8) is 0 Å². The summed E-state index contributed by atoms with van der Waals surface area (Å²) < 4.78 is 0. The van der Waals surface area contributed by atoms with Crippen LogP contribution in [0, 0.1) is 17.8 Å². The van der Waals surface area contributed by atoms with Gasteiger partial charge in [-0.2, -0.15) is 0 Å². The number of allylic oxidation sites excluding steroid dienone is 4. The van der Waals surface area contributed by atoms with E-state index in [1.807, 2.05) is 26.8 Å². The van der Waals surface area contributed by atoms with Gasteiger partial charge in [0, 0.05) is 11.5 Å². The summed E-state index contributed by atoms with van der Waals surface area (Å²) in [5, 5.41) is -0.398. The fourth-order valence-corrected chi connectivity index (χ4v) is 1.71. The van der Waals surface area contributed by atoms with Gasteiger partial charge in [-0.15, -0.1) is 0 Å². The Labute approximate surface area is 83.5 Å². The standard InChI is InChI=1S/C11H11ClO/c1-7-4-5-8(2)10(11(12)13)9(3)6-7/h6,8H,1-3H3. The Kier molecular flexibility index (Phi) is 2.95. The van der Waals surface area contributed by atoms with Crippen molar-refractivity contribution < 1.29 is 4.79 Å². The lowest BCUT2D eigenvalue weighted by molar-refractivity contribution is -0.108. The Morgan fingerprint density at radius 2 is 2.15 bits per heavy atom. The number of carbonyl (C=O) groups excluding carboxylic acids is 1. The van der Waals surface area contributed by atoms with Crippen molar-refractivity contribution >= 4 is 16.8 Å².